The molecule has 2 atom stereocenters. The van der Waals surface area contributed by atoms with Crippen molar-refractivity contribution in [1.82, 2.24) is 0 Å². The molecule has 0 aromatic carbocycles. The molecular formula is C27H57NO6P+. The average molecular weight is 523 g/mol. The predicted octanol–water partition coefficient (Wildman–Crippen LogP) is 7.24. The molecule has 0 fully saturated rings. The Kier molecular flexibility index (Phi) is 22.5. The van der Waals surface area contributed by atoms with Gasteiger partial charge in [0.1, 0.15) is 25.9 Å². The van der Waals surface area contributed by atoms with Gasteiger partial charge in [-0.1, -0.05) is 90.4 Å². The van der Waals surface area contributed by atoms with Gasteiger partial charge in [0.25, 0.3) is 0 Å². The van der Waals surface area contributed by atoms with Gasteiger partial charge in [-0.2, -0.15) is 0 Å². The summed E-state index contributed by atoms with van der Waals surface area (Å²) in [4.78, 5) is 9.78. The number of hydrogen-bond donors (Lipinski definition) is 1. The van der Waals surface area contributed by atoms with Crippen molar-refractivity contribution in [3.05, 3.63) is 12.3 Å². The number of rotatable bonds is 26. The standard InChI is InChI=1S/C27H56NO6P/c1-6-7-8-9-10-11-12-13-14-15-16-17-18-19-20-21-23-32-25-27(31-5)26-34-35(29,30)33-24-22-28(2,3)4/h21,23,27H,6-20,22,24-26H2,1-5H3/p+1/b23-21-/t27-/m1/s1. The van der Waals surface area contributed by atoms with Crippen molar-refractivity contribution < 1.29 is 32.5 Å². The molecule has 35 heavy (non-hydrogen) atoms. The van der Waals surface area contributed by atoms with Gasteiger partial charge in [0.15, 0.2) is 0 Å². The van der Waals surface area contributed by atoms with E-state index in [4.69, 9.17) is 18.5 Å². The van der Waals surface area contributed by atoms with Crippen molar-refractivity contribution in [3.8, 4) is 0 Å². The first-order chi connectivity index (χ1) is 16.7. The van der Waals surface area contributed by atoms with Crippen molar-refractivity contribution in [2.24, 2.45) is 0 Å². The third-order valence-electron chi connectivity index (χ3n) is 5.97. The number of ether oxygens (including phenoxy) is 2. The minimum atomic E-state index is -4.09. The van der Waals surface area contributed by atoms with Crippen molar-refractivity contribution in [2.75, 3.05) is 54.6 Å². The molecule has 7 nitrogen and oxygen atoms in total. The molecule has 0 aliphatic carbocycles. The average Bonchev–Trinajstić information content (AvgIpc) is 2.79. The largest absolute Gasteiger partial charge is 0.499 e. The molecule has 0 amide bonds. The van der Waals surface area contributed by atoms with Crippen LogP contribution in [0.4, 0.5) is 0 Å². The maximum absolute atomic E-state index is 12.0. The molecule has 0 aliphatic rings. The van der Waals surface area contributed by atoms with Gasteiger partial charge >= 0.3 is 7.82 Å². The van der Waals surface area contributed by atoms with Crippen molar-refractivity contribution in [3.63, 3.8) is 0 Å². The molecule has 1 unspecified atom stereocenters. The summed E-state index contributed by atoms with van der Waals surface area (Å²) in [6.07, 6.45) is 23.4. The molecule has 210 valence electrons. The summed E-state index contributed by atoms with van der Waals surface area (Å²) in [5.74, 6) is 0. The van der Waals surface area contributed by atoms with E-state index in [0.29, 0.717) is 11.0 Å². The highest BCUT2D eigenvalue weighted by molar-refractivity contribution is 7.47. The first-order valence-corrected chi connectivity index (χ1v) is 15.4. The zero-order chi connectivity index (χ0) is 26.3. The lowest BCUT2D eigenvalue weighted by molar-refractivity contribution is -0.870. The van der Waals surface area contributed by atoms with Gasteiger partial charge in [0.05, 0.1) is 34.0 Å². The number of likely N-dealkylation sites (N-methyl/N-ethyl adjacent to an activating group) is 1. The lowest BCUT2D eigenvalue weighted by Gasteiger charge is -2.24. The fraction of sp³-hybridized carbons (Fsp3) is 0.926. The highest BCUT2D eigenvalue weighted by atomic mass is 31.2. The second-order valence-electron chi connectivity index (χ2n) is 10.6. The first-order valence-electron chi connectivity index (χ1n) is 13.9. The number of phosphoric acid groups is 1. The number of hydrogen-bond acceptors (Lipinski definition) is 5. The van der Waals surface area contributed by atoms with E-state index in [-0.39, 0.29) is 19.8 Å². The number of allylic oxidation sites excluding steroid dienone is 1. The first kappa shape index (κ1) is 34.6. The lowest BCUT2D eigenvalue weighted by atomic mass is 10.0. The van der Waals surface area contributed by atoms with Crippen LogP contribution in [0.15, 0.2) is 12.3 Å². The van der Waals surface area contributed by atoms with E-state index < -0.39 is 13.9 Å². The van der Waals surface area contributed by atoms with E-state index in [1.165, 1.54) is 97.0 Å². The highest BCUT2D eigenvalue weighted by Crippen LogP contribution is 2.43. The number of methoxy groups -OCH3 is 1. The molecule has 0 heterocycles. The summed E-state index contributed by atoms with van der Waals surface area (Å²) < 4.78 is 33.4. The smallest absolute Gasteiger partial charge is 0.472 e. The van der Waals surface area contributed by atoms with Gasteiger partial charge in [-0.25, -0.2) is 4.57 Å². The Morgan fingerprint density at radius 1 is 0.800 bits per heavy atom. The number of unbranched alkanes of at least 4 members (excludes halogenated alkanes) is 14. The molecule has 1 N–H and O–H groups in total. The third kappa shape index (κ3) is 26.4. The van der Waals surface area contributed by atoms with Crippen LogP contribution in [0.1, 0.15) is 103 Å². The quantitative estimate of drug-likeness (QED) is 0.0558. The van der Waals surface area contributed by atoms with Crippen LogP contribution >= 0.6 is 7.82 Å². The minimum Gasteiger partial charge on any atom is -0.499 e. The number of phosphoric ester groups is 1. The van der Waals surface area contributed by atoms with Crippen LogP contribution in [0.25, 0.3) is 0 Å². The predicted molar refractivity (Wildman–Crippen MR) is 145 cm³/mol. The van der Waals surface area contributed by atoms with Gasteiger partial charge in [-0.15, -0.1) is 0 Å². The second-order valence-corrected chi connectivity index (χ2v) is 12.0. The highest BCUT2D eigenvalue weighted by Gasteiger charge is 2.24. The van der Waals surface area contributed by atoms with E-state index in [0.717, 1.165) is 6.42 Å². The Hall–Kier alpha value is -0.430. The van der Waals surface area contributed by atoms with E-state index in [1.54, 1.807) is 6.26 Å². The lowest BCUT2D eigenvalue weighted by Crippen LogP contribution is -2.37. The number of quaternary nitrogens is 1. The van der Waals surface area contributed by atoms with Gasteiger partial charge < -0.3 is 18.9 Å². The molecule has 0 radical (unpaired) electrons. The maximum atomic E-state index is 12.0. The van der Waals surface area contributed by atoms with E-state index in [2.05, 4.69) is 6.92 Å². The van der Waals surface area contributed by atoms with E-state index in [9.17, 15) is 9.46 Å². The monoisotopic (exact) mass is 522 g/mol. The molecule has 0 rings (SSSR count). The molecule has 0 aromatic heterocycles. The van der Waals surface area contributed by atoms with E-state index >= 15 is 0 Å². The minimum absolute atomic E-state index is 0.0680. The van der Waals surface area contributed by atoms with E-state index in [1.807, 2.05) is 27.2 Å². The Morgan fingerprint density at radius 3 is 1.80 bits per heavy atom. The normalized spacial score (nSPS) is 14.9. The zero-order valence-corrected chi connectivity index (χ0v) is 24.4. The van der Waals surface area contributed by atoms with Crippen molar-refractivity contribution in [1.29, 1.82) is 0 Å². The van der Waals surface area contributed by atoms with Crippen LogP contribution in [0.5, 0.6) is 0 Å². The Morgan fingerprint density at radius 2 is 1.31 bits per heavy atom. The van der Waals surface area contributed by atoms with Gasteiger partial charge in [-0.05, 0) is 18.9 Å². The van der Waals surface area contributed by atoms with Crippen LogP contribution in [0.3, 0.4) is 0 Å². The topological polar surface area (TPSA) is 74.2 Å². The maximum Gasteiger partial charge on any atom is 0.472 e. The molecule has 0 saturated heterocycles. The summed E-state index contributed by atoms with van der Waals surface area (Å²) in [5.41, 5.74) is 0. The summed E-state index contributed by atoms with van der Waals surface area (Å²) in [6.45, 7) is 3.21. The zero-order valence-electron chi connectivity index (χ0n) is 23.5. The van der Waals surface area contributed by atoms with Gasteiger partial charge in [-0.3, -0.25) is 9.05 Å². The molecule has 0 bridgehead atoms. The molecular weight excluding hydrogens is 465 g/mol. The fourth-order valence-corrected chi connectivity index (χ4v) is 4.33. The summed E-state index contributed by atoms with van der Waals surface area (Å²) in [5, 5.41) is 0. The Labute approximate surface area is 216 Å². The molecule has 0 spiro atoms. The van der Waals surface area contributed by atoms with Crippen LogP contribution < -0.4 is 0 Å². The van der Waals surface area contributed by atoms with Crippen molar-refractivity contribution in [2.45, 2.75) is 109 Å². The Bertz CT molecular complexity index is 538. The third-order valence-corrected chi connectivity index (χ3v) is 6.96. The SMILES string of the molecule is CCCCCCCCCCCCCCCC/C=C\OC[C@H](COP(=O)(O)OCC[N+](C)(C)C)OC. The van der Waals surface area contributed by atoms with Crippen LogP contribution in [-0.4, -0.2) is 70.1 Å². The van der Waals surface area contributed by atoms with Crippen LogP contribution in [0, 0.1) is 0 Å². The van der Waals surface area contributed by atoms with Crippen molar-refractivity contribution >= 4 is 7.82 Å². The van der Waals surface area contributed by atoms with Crippen LogP contribution in [-0.2, 0) is 23.1 Å². The molecule has 0 saturated carbocycles. The Balaban J connectivity index is 3.58. The molecule has 0 aromatic rings. The summed E-state index contributed by atoms with van der Waals surface area (Å²) >= 11 is 0. The summed E-state index contributed by atoms with van der Waals surface area (Å²) in [6, 6.07) is 0. The molecule has 8 heteroatoms. The van der Waals surface area contributed by atoms with Crippen LogP contribution in [0.2, 0.25) is 0 Å². The molecule has 0 aliphatic heterocycles. The summed E-state index contributed by atoms with van der Waals surface area (Å²) in [7, 11) is 3.39. The van der Waals surface area contributed by atoms with Gasteiger partial charge in [0, 0.05) is 7.11 Å². The van der Waals surface area contributed by atoms with Gasteiger partial charge in [0.2, 0.25) is 0 Å². The number of nitrogens with zero attached hydrogens (tertiary/aromatic N) is 1. The second kappa shape index (κ2) is 22.7. The fourth-order valence-electron chi connectivity index (χ4n) is 3.58.